The van der Waals surface area contributed by atoms with E-state index in [2.05, 4.69) is 0 Å². The van der Waals surface area contributed by atoms with E-state index in [-0.39, 0.29) is 17.2 Å². The van der Waals surface area contributed by atoms with Crippen molar-refractivity contribution in [2.24, 2.45) is 17.3 Å². The first-order valence-corrected chi connectivity index (χ1v) is 9.68. The molecule has 2 aliphatic rings. The highest BCUT2D eigenvalue weighted by Crippen LogP contribution is 2.68. The lowest BCUT2D eigenvalue weighted by atomic mass is 9.83. The van der Waals surface area contributed by atoms with Crippen LogP contribution >= 0.6 is 7.37 Å². The molecule has 0 aliphatic heterocycles. The molecule has 3 atom stereocenters. The quantitative estimate of drug-likeness (QED) is 0.733. The molecular formula is C15H27O4P. The summed E-state index contributed by atoms with van der Waals surface area (Å²) < 4.78 is 12.4. The van der Waals surface area contributed by atoms with Crippen molar-refractivity contribution in [1.29, 1.82) is 0 Å². The SMILES string of the molecule is CC1(C)CC1P(=O)(O)CC(CC1CCCCC1)C(=O)O. The summed E-state index contributed by atoms with van der Waals surface area (Å²) in [5, 5.41) is 9.37. The first kappa shape index (κ1) is 16.0. The molecule has 5 heteroatoms. The molecule has 0 aromatic carbocycles. The maximum absolute atomic E-state index is 12.4. The summed E-state index contributed by atoms with van der Waals surface area (Å²) in [6.45, 7) is 3.97. The highest BCUT2D eigenvalue weighted by molar-refractivity contribution is 7.59. The maximum atomic E-state index is 12.4. The molecule has 0 saturated heterocycles. The Morgan fingerprint density at radius 1 is 1.30 bits per heavy atom. The van der Waals surface area contributed by atoms with E-state index < -0.39 is 19.3 Å². The van der Waals surface area contributed by atoms with Gasteiger partial charge in [-0.1, -0.05) is 46.0 Å². The minimum Gasteiger partial charge on any atom is -0.481 e. The molecule has 20 heavy (non-hydrogen) atoms. The van der Waals surface area contributed by atoms with Gasteiger partial charge in [0.25, 0.3) is 0 Å². The number of rotatable bonds is 6. The molecule has 3 unspecified atom stereocenters. The minimum absolute atomic E-state index is 0.0348. The van der Waals surface area contributed by atoms with Gasteiger partial charge in [-0.05, 0) is 24.2 Å². The summed E-state index contributed by atoms with van der Waals surface area (Å²) in [7, 11) is -3.33. The summed E-state index contributed by atoms with van der Waals surface area (Å²) in [5.41, 5.74) is -0.277. The normalized spacial score (nSPS) is 30.4. The van der Waals surface area contributed by atoms with Crippen LogP contribution in [0, 0.1) is 17.3 Å². The van der Waals surface area contributed by atoms with Crippen molar-refractivity contribution < 1.29 is 19.4 Å². The van der Waals surface area contributed by atoms with Gasteiger partial charge in [0, 0.05) is 11.8 Å². The number of carboxylic acids is 1. The molecule has 0 bridgehead atoms. The molecule has 0 aromatic rings. The molecule has 2 saturated carbocycles. The number of hydrogen-bond acceptors (Lipinski definition) is 2. The van der Waals surface area contributed by atoms with Crippen molar-refractivity contribution in [3.8, 4) is 0 Å². The fourth-order valence-electron chi connectivity index (χ4n) is 3.65. The Hall–Kier alpha value is -0.340. The van der Waals surface area contributed by atoms with E-state index in [9.17, 15) is 19.4 Å². The van der Waals surface area contributed by atoms with Crippen LogP contribution in [0.15, 0.2) is 0 Å². The van der Waals surface area contributed by atoms with Gasteiger partial charge >= 0.3 is 5.97 Å². The van der Waals surface area contributed by atoms with E-state index in [0.29, 0.717) is 12.3 Å². The van der Waals surface area contributed by atoms with Gasteiger partial charge in [-0.25, -0.2) is 0 Å². The fraction of sp³-hybridized carbons (Fsp3) is 0.933. The molecule has 0 radical (unpaired) electrons. The molecule has 2 aliphatic carbocycles. The van der Waals surface area contributed by atoms with Gasteiger partial charge in [-0.15, -0.1) is 0 Å². The third-order valence-electron chi connectivity index (χ3n) is 5.12. The summed E-state index contributed by atoms with van der Waals surface area (Å²) in [4.78, 5) is 21.7. The molecule has 116 valence electrons. The Morgan fingerprint density at radius 3 is 2.30 bits per heavy atom. The molecule has 0 aromatic heterocycles. The molecular weight excluding hydrogens is 275 g/mol. The zero-order chi connectivity index (χ0) is 15.0. The molecule has 4 nitrogen and oxygen atoms in total. The van der Waals surface area contributed by atoms with Crippen molar-refractivity contribution in [3.05, 3.63) is 0 Å². The molecule has 0 spiro atoms. The Kier molecular flexibility index (Phi) is 4.66. The van der Waals surface area contributed by atoms with Crippen LogP contribution in [0.4, 0.5) is 0 Å². The minimum atomic E-state index is -3.33. The third kappa shape index (κ3) is 3.85. The largest absolute Gasteiger partial charge is 0.481 e. The summed E-state index contributed by atoms with van der Waals surface area (Å²) in [6, 6.07) is 0. The maximum Gasteiger partial charge on any atom is 0.307 e. The van der Waals surface area contributed by atoms with Crippen LogP contribution in [-0.4, -0.2) is 27.8 Å². The van der Waals surface area contributed by atoms with E-state index in [1.165, 1.54) is 19.3 Å². The van der Waals surface area contributed by atoms with Crippen LogP contribution in [0.25, 0.3) is 0 Å². The standard InChI is InChI=1S/C15H27O4P/c1-15(2)9-13(15)20(18,19)10-12(14(16)17)8-11-6-4-3-5-7-11/h11-13H,3-10H2,1-2H3,(H,16,17)(H,18,19). The average molecular weight is 302 g/mol. The van der Waals surface area contributed by atoms with Crippen molar-refractivity contribution >= 4 is 13.3 Å². The van der Waals surface area contributed by atoms with Crippen molar-refractivity contribution in [2.75, 3.05) is 6.16 Å². The van der Waals surface area contributed by atoms with E-state index >= 15 is 0 Å². The van der Waals surface area contributed by atoms with E-state index in [1.807, 2.05) is 13.8 Å². The van der Waals surface area contributed by atoms with Gasteiger partial charge in [-0.2, -0.15) is 0 Å². The van der Waals surface area contributed by atoms with E-state index in [1.54, 1.807) is 0 Å². The second-order valence-electron chi connectivity index (χ2n) is 7.42. The summed E-state index contributed by atoms with van der Waals surface area (Å²) in [5.74, 6) is -1.12. The highest BCUT2D eigenvalue weighted by atomic mass is 31.2. The topological polar surface area (TPSA) is 74.6 Å². The lowest BCUT2D eigenvalue weighted by molar-refractivity contribution is -0.141. The number of hydrogen-bond donors (Lipinski definition) is 2. The van der Waals surface area contributed by atoms with Crippen molar-refractivity contribution in [3.63, 3.8) is 0 Å². The van der Waals surface area contributed by atoms with Crippen LogP contribution in [0.2, 0.25) is 0 Å². The van der Waals surface area contributed by atoms with Crippen LogP contribution in [0.5, 0.6) is 0 Å². The first-order chi connectivity index (χ1) is 9.22. The van der Waals surface area contributed by atoms with Crippen molar-refractivity contribution in [1.82, 2.24) is 0 Å². The van der Waals surface area contributed by atoms with Crippen LogP contribution < -0.4 is 0 Å². The van der Waals surface area contributed by atoms with Crippen molar-refractivity contribution in [2.45, 2.75) is 64.5 Å². The summed E-state index contributed by atoms with van der Waals surface area (Å²) >= 11 is 0. The van der Waals surface area contributed by atoms with Gasteiger partial charge in [0.15, 0.2) is 0 Å². The van der Waals surface area contributed by atoms with Crippen LogP contribution in [-0.2, 0) is 9.36 Å². The van der Waals surface area contributed by atoms with E-state index in [4.69, 9.17) is 0 Å². The van der Waals surface area contributed by atoms with Gasteiger partial charge < -0.3 is 10.00 Å². The van der Waals surface area contributed by atoms with Crippen LogP contribution in [0.3, 0.4) is 0 Å². The van der Waals surface area contributed by atoms with Gasteiger partial charge in [-0.3, -0.25) is 9.36 Å². The lowest BCUT2D eigenvalue weighted by Crippen LogP contribution is -2.23. The van der Waals surface area contributed by atoms with E-state index in [0.717, 1.165) is 19.3 Å². The second-order valence-corrected chi connectivity index (χ2v) is 9.92. The lowest BCUT2D eigenvalue weighted by Gasteiger charge is -2.26. The fourth-order valence-corrected chi connectivity index (χ4v) is 6.69. The monoisotopic (exact) mass is 302 g/mol. The molecule has 2 rings (SSSR count). The molecule has 2 N–H and O–H groups in total. The second kappa shape index (κ2) is 5.81. The Morgan fingerprint density at radius 2 is 1.85 bits per heavy atom. The number of carboxylic acid groups (broad SMARTS) is 1. The van der Waals surface area contributed by atoms with Gasteiger partial charge in [0.2, 0.25) is 7.37 Å². The third-order valence-corrected chi connectivity index (χ3v) is 7.94. The van der Waals surface area contributed by atoms with Crippen LogP contribution in [0.1, 0.15) is 58.8 Å². The predicted molar refractivity (Wildman–Crippen MR) is 79.2 cm³/mol. The Bertz CT molecular complexity index is 412. The zero-order valence-corrected chi connectivity index (χ0v) is 13.4. The van der Waals surface area contributed by atoms with Gasteiger partial charge in [0.1, 0.15) is 0 Å². The molecule has 0 heterocycles. The number of carbonyl (C=O) groups is 1. The number of aliphatic carboxylic acids is 1. The first-order valence-electron chi connectivity index (χ1n) is 7.77. The zero-order valence-electron chi connectivity index (χ0n) is 12.5. The molecule has 2 fully saturated rings. The highest BCUT2D eigenvalue weighted by Gasteiger charge is 2.56. The van der Waals surface area contributed by atoms with Gasteiger partial charge in [0.05, 0.1) is 5.92 Å². The molecule has 0 amide bonds. The Labute approximate surface area is 121 Å². The predicted octanol–water partition coefficient (Wildman–Crippen LogP) is 3.73. The Balaban J connectivity index is 1.95. The average Bonchev–Trinajstić information content (AvgIpc) is 3.00. The smallest absolute Gasteiger partial charge is 0.307 e. The summed E-state index contributed by atoms with van der Waals surface area (Å²) in [6.07, 6.45) is 7.02.